The summed E-state index contributed by atoms with van der Waals surface area (Å²) in [5.41, 5.74) is 2.64. The van der Waals surface area contributed by atoms with Crippen molar-refractivity contribution in [1.82, 2.24) is 15.0 Å². The van der Waals surface area contributed by atoms with E-state index in [0.717, 1.165) is 29.2 Å². The van der Waals surface area contributed by atoms with Crippen molar-refractivity contribution >= 4 is 17.5 Å². The maximum absolute atomic E-state index is 5.25. The highest BCUT2D eigenvalue weighted by molar-refractivity contribution is 5.67. The molecule has 0 amide bonds. The number of hydrogen-bond acceptors (Lipinski definition) is 6. The summed E-state index contributed by atoms with van der Waals surface area (Å²) in [5, 5.41) is 6.46. The normalized spacial score (nSPS) is 10.2. The largest absolute Gasteiger partial charge is 0.497 e. The smallest absolute Gasteiger partial charge is 0.225 e. The maximum atomic E-state index is 5.25. The standard InChI is InChI=1S/C18H19N5O/c1-3-20-18-22-16(13-6-5-9-19-12-13)11-17(23-18)21-14-7-4-8-15(10-14)24-2/h4-12H,3H2,1-2H3,(H2,20,21,22,23). The Morgan fingerprint density at radius 2 is 2.00 bits per heavy atom. The minimum absolute atomic E-state index is 0.573. The first-order valence-electron chi connectivity index (χ1n) is 7.73. The lowest BCUT2D eigenvalue weighted by atomic mass is 10.2. The average molecular weight is 321 g/mol. The maximum Gasteiger partial charge on any atom is 0.225 e. The SMILES string of the molecule is CCNc1nc(Nc2cccc(OC)c2)cc(-c2cccnc2)n1. The molecule has 0 radical (unpaired) electrons. The molecule has 0 unspecified atom stereocenters. The molecular weight excluding hydrogens is 302 g/mol. The molecule has 0 aliphatic rings. The van der Waals surface area contributed by atoms with E-state index < -0.39 is 0 Å². The molecule has 0 aliphatic heterocycles. The summed E-state index contributed by atoms with van der Waals surface area (Å²) in [5.74, 6) is 2.06. The van der Waals surface area contributed by atoms with Crippen LogP contribution in [0.4, 0.5) is 17.5 Å². The zero-order valence-corrected chi connectivity index (χ0v) is 13.7. The Bertz CT molecular complexity index is 808. The van der Waals surface area contributed by atoms with Crippen LogP contribution in [0.1, 0.15) is 6.92 Å². The average Bonchev–Trinajstić information content (AvgIpc) is 2.63. The number of nitrogens with one attached hydrogen (secondary N) is 2. The second-order valence-corrected chi connectivity index (χ2v) is 5.09. The van der Waals surface area contributed by atoms with E-state index in [0.29, 0.717) is 11.8 Å². The Morgan fingerprint density at radius 3 is 2.75 bits per heavy atom. The number of hydrogen-bond donors (Lipinski definition) is 2. The van der Waals surface area contributed by atoms with Crippen molar-refractivity contribution in [3.05, 3.63) is 54.9 Å². The summed E-state index contributed by atoms with van der Waals surface area (Å²) in [6, 6.07) is 13.5. The van der Waals surface area contributed by atoms with Crippen LogP contribution >= 0.6 is 0 Å². The molecule has 6 heteroatoms. The third kappa shape index (κ3) is 3.78. The Morgan fingerprint density at radius 1 is 1.08 bits per heavy atom. The molecule has 0 aliphatic carbocycles. The molecule has 2 N–H and O–H groups in total. The molecule has 2 heterocycles. The van der Waals surface area contributed by atoms with Gasteiger partial charge in [-0.1, -0.05) is 6.07 Å². The van der Waals surface area contributed by atoms with Crippen molar-refractivity contribution in [1.29, 1.82) is 0 Å². The molecule has 6 nitrogen and oxygen atoms in total. The van der Waals surface area contributed by atoms with Crippen LogP contribution in [-0.2, 0) is 0 Å². The number of nitrogens with zero attached hydrogens (tertiary/aromatic N) is 3. The van der Waals surface area contributed by atoms with Crippen molar-refractivity contribution in [3.63, 3.8) is 0 Å². The van der Waals surface area contributed by atoms with Gasteiger partial charge in [-0.05, 0) is 31.2 Å². The molecule has 1 aromatic carbocycles. The van der Waals surface area contributed by atoms with Gasteiger partial charge in [0.05, 0.1) is 12.8 Å². The first-order chi connectivity index (χ1) is 11.8. The third-order valence-corrected chi connectivity index (χ3v) is 3.36. The number of methoxy groups -OCH3 is 1. The van der Waals surface area contributed by atoms with E-state index in [1.165, 1.54) is 0 Å². The fourth-order valence-corrected chi connectivity index (χ4v) is 2.26. The summed E-state index contributed by atoms with van der Waals surface area (Å²) >= 11 is 0. The van der Waals surface area contributed by atoms with Crippen LogP contribution in [-0.4, -0.2) is 28.6 Å². The molecule has 24 heavy (non-hydrogen) atoms. The Labute approximate surface area is 141 Å². The third-order valence-electron chi connectivity index (χ3n) is 3.36. The topological polar surface area (TPSA) is 72.0 Å². The van der Waals surface area contributed by atoms with Crippen molar-refractivity contribution in [3.8, 4) is 17.0 Å². The van der Waals surface area contributed by atoms with Crippen LogP contribution in [0.5, 0.6) is 5.75 Å². The molecule has 0 spiro atoms. The van der Waals surface area contributed by atoms with Gasteiger partial charge in [0.1, 0.15) is 11.6 Å². The van der Waals surface area contributed by atoms with Gasteiger partial charge in [-0.3, -0.25) is 4.98 Å². The quantitative estimate of drug-likeness (QED) is 0.721. The van der Waals surface area contributed by atoms with E-state index in [9.17, 15) is 0 Å². The highest BCUT2D eigenvalue weighted by Gasteiger charge is 2.07. The number of ether oxygens (including phenoxy) is 1. The number of pyridine rings is 1. The minimum atomic E-state index is 0.573. The highest BCUT2D eigenvalue weighted by atomic mass is 16.5. The highest BCUT2D eigenvalue weighted by Crippen LogP contribution is 2.24. The van der Waals surface area contributed by atoms with Gasteiger partial charge >= 0.3 is 0 Å². The molecule has 0 fully saturated rings. The summed E-state index contributed by atoms with van der Waals surface area (Å²) in [6.07, 6.45) is 3.53. The van der Waals surface area contributed by atoms with Crippen LogP contribution in [0.25, 0.3) is 11.3 Å². The van der Waals surface area contributed by atoms with E-state index >= 15 is 0 Å². The van der Waals surface area contributed by atoms with E-state index in [-0.39, 0.29) is 0 Å². The number of anilines is 3. The lowest BCUT2D eigenvalue weighted by molar-refractivity contribution is 0.415. The van der Waals surface area contributed by atoms with Crippen LogP contribution in [0.2, 0.25) is 0 Å². The zero-order chi connectivity index (χ0) is 16.8. The molecule has 3 aromatic rings. The molecule has 0 saturated heterocycles. The molecule has 0 bridgehead atoms. The van der Waals surface area contributed by atoms with Crippen LogP contribution < -0.4 is 15.4 Å². The van der Waals surface area contributed by atoms with Gasteiger partial charge in [0.25, 0.3) is 0 Å². The monoisotopic (exact) mass is 321 g/mol. The number of aromatic nitrogens is 3. The predicted molar refractivity (Wildman–Crippen MR) is 95.7 cm³/mol. The first-order valence-corrected chi connectivity index (χ1v) is 7.73. The lowest BCUT2D eigenvalue weighted by Gasteiger charge is -2.11. The van der Waals surface area contributed by atoms with Gasteiger partial charge in [-0.15, -0.1) is 0 Å². The molecule has 122 valence electrons. The van der Waals surface area contributed by atoms with Crippen LogP contribution in [0.15, 0.2) is 54.9 Å². The minimum Gasteiger partial charge on any atom is -0.497 e. The molecule has 3 rings (SSSR count). The van der Waals surface area contributed by atoms with E-state index in [4.69, 9.17) is 4.74 Å². The summed E-state index contributed by atoms with van der Waals surface area (Å²) in [7, 11) is 1.65. The molecule has 0 saturated carbocycles. The summed E-state index contributed by atoms with van der Waals surface area (Å²) < 4.78 is 5.25. The number of rotatable bonds is 6. The Kier molecular flexibility index (Phi) is 4.86. The van der Waals surface area contributed by atoms with Gasteiger partial charge in [0.15, 0.2) is 0 Å². The van der Waals surface area contributed by atoms with Gasteiger partial charge in [-0.25, -0.2) is 4.98 Å². The van der Waals surface area contributed by atoms with E-state index in [1.807, 2.05) is 49.4 Å². The molecule has 2 aromatic heterocycles. The zero-order valence-electron chi connectivity index (χ0n) is 13.7. The second kappa shape index (κ2) is 7.41. The van der Waals surface area contributed by atoms with Crippen molar-refractivity contribution in [2.24, 2.45) is 0 Å². The summed E-state index contributed by atoms with van der Waals surface area (Å²) in [6.45, 7) is 2.75. The Hall–Kier alpha value is -3.15. The number of benzene rings is 1. The van der Waals surface area contributed by atoms with Gasteiger partial charge < -0.3 is 15.4 Å². The van der Waals surface area contributed by atoms with Crippen molar-refractivity contribution in [2.45, 2.75) is 6.92 Å². The van der Waals surface area contributed by atoms with E-state index in [2.05, 4.69) is 25.6 Å². The Balaban J connectivity index is 1.95. The first kappa shape index (κ1) is 15.7. The van der Waals surface area contributed by atoms with Gasteiger partial charge in [0, 0.05) is 42.3 Å². The fourth-order valence-electron chi connectivity index (χ4n) is 2.26. The second-order valence-electron chi connectivity index (χ2n) is 5.09. The van der Waals surface area contributed by atoms with Crippen LogP contribution in [0.3, 0.4) is 0 Å². The fraction of sp³-hybridized carbons (Fsp3) is 0.167. The predicted octanol–water partition coefficient (Wildman–Crippen LogP) is 3.72. The van der Waals surface area contributed by atoms with E-state index in [1.54, 1.807) is 19.5 Å². The summed E-state index contributed by atoms with van der Waals surface area (Å²) in [4.78, 5) is 13.2. The van der Waals surface area contributed by atoms with Crippen molar-refractivity contribution in [2.75, 3.05) is 24.3 Å². The molecular formula is C18H19N5O. The van der Waals surface area contributed by atoms with Crippen molar-refractivity contribution < 1.29 is 4.74 Å². The lowest BCUT2D eigenvalue weighted by Crippen LogP contribution is -2.05. The van der Waals surface area contributed by atoms with Gasteiger partial charge in [-0.2, -0.15) is 4.98 Å². The molecule has 0 atom stereocenters. The van der Waals surface area contributed by atoms with Gasteiger partial charge in [0.2, 0.25) is 5.95 Å². The van der Waals surface area contributed by atoms with Crippen LogP contribution in [0, 0.1) is 0 Å².